The predicted octanol–water partition coefficient (Wildman–Crippen LogP) is 2.61. The van der Waals surface area contributed by atoms with Gasteiger partial charge in [0.15, 0.2) is 0 Å². The van der Waals surface area contributed by atoms with Crippen molar-refractivity contribution in [3.8, 4) is 0 Å². The van der Waals surface area contributed by atoms with Gasteiger partial charge in [-0.15, -0.1) is 0 Å². The molecule has 1 fully saturated rings. The Morgan fingerprint density at radius 1 is 1.37 bits per heavy atom. The minimum absolute atomic E-state index is 0.106. The van der Waals surface area contributed by atoms with E-state index >= 15 is 0 Å². The number of benzene rings is 1. The number of rotatable bonds is 6. The lowest BCUT2D eigenvalue weighted by atomic mass is 10.0. The molecule has 1 aliphatic rings. The minimum Gasteiger partial charge on any atom is -0.316 e. The highest BCUT2D eigenvalue weighted by Gasteiger charge is 2.14. The maximum atomic E-state index is 13.2. The second kappa shape index (κ2) is 7.01. The van der Waals surface area contributed by atoms with Crippen LogP contribution in [0, 0.1) is 18.7 Å². The fraction of sp³-hybridized carbons (Fsp3) is 0.625. The van der Waals surface area contributed by atoms with Crippen LogP contribution in [0.15, 0.2) is 18.2 Å². The van der Waals surface area contributed by atoms with Gasteiger partial charge in [0.2, 0.25) is 0 Å². The molecule has 0 aromatic heterocycles. The molecule has 1 unspecified atom stereocenters. The Bertz CT molecular complexity index is 400. The molecule has 1 aliphatic heterocycles. The van der Waals surface area contributed by atoms with Crippen molar-refractivity contribution in [2.24, 2.45) is 5.92 Å². The zero-order valence-corrected chi connectivity index (χ0v) is 12.1. The summed E-state index contributed by atoms with van der Waals surface area (Å²) in [7, 11) is 2.18. The lowest BCUT2D eigenvalue weighted by Crippen LogP contribution is -2.24. The Kier molecular flexibility index (Phi) is 5.34. The van der Waals surface area contributed by atoms with Crippen LogP contribution >= 0.6 is 0 Å². The number of hydrogen-bond acceptors (Lipinski definition) is 2. The van der Waals surface area contributed by atoms with E-state index in [4.69, 9.17) is 0 Å². The molecule has 0 aliphatic carbocycles. The van der Waals surface area contributed by atoms with Crippen molar-refractivity contribution < 1.29 is 4.39 Å². The minimum atomic E-state index is -0.106. The summed E-state index contributed by atoms with van der Waals surface area (Å²) in [6.45, 7) is 6.40. The van der Waals surface area contributed by atoms with E-state index in [1.807, 2.05) is 19.1 Å². The first kappa shape index (κ1) is 14.5. The van der Waals surface area contributed by atoms with E-state index in [1.54, 1.807) is 6.07 Å². The Hall–Kier alpha value is -0.930. The van der Waals surface area contributed by atoms with Crippen molar-refractivity contribution in [3.05, 3.63) is 35.1 Å². The molecule has 106 valence electrons. The van der Waals surface area contributed by atoms with Gasteiger partial charge in [-0.1, -0.05) is 12.1 Å². The van der Waals surface area contributed by atoms with Crippen molar-refractivity contribution in [1.29, 1.82) is 0 Å². The molecular formula is C16H25FN2. The molecule has 1 aromatic rings. The lowest BCUT2D eigenvalue weighted by Gasteiger charge is -2.18. The van der Waals surface area contributed by atoms with Crippen LogP contribution in [0.1, 0.15) is 24.0 Å². The zero-order chi connectivity index (χ0) is 13.7. The number of aryl methyl sites for hydroxylation is 1. The molecule has 1 heterocycles. The van der Waals surface area contributed by atoms with Crippen molar-refractivity contribution in [2.45, 2.75) is 26.2 Å². The first-order valence-electron chi connectivity index (χ1n) is 7.29. The van der Waals surface area contributed by atoms with Crippen molar-refractivity contribution in [1.82, 2.24) is 10.2 Å². The SMILES string of the molecule is Cc1cc(CCN(C)CCC2CCNC2)ccc1F. The fourth-order valence-electron chi connectivity index (χ4n) is 2.66. The highest BCUT2D eigenvalue weighted by Crippen LogP contribution is 2.13. The molecule has 1 saturated heterocycles. The molecule has 2 rings (SSSR count). The van der Waals surface area contributed by atoms with E-state index in [2.05, 4.69) is 17.3 Å². The molecule has 3 heteroatoms. The molecule has 0 amide bonds. The highest BCUT2D eigenvalue weighted by molar-refractivity contribution is 5.24. The summed E-state index contributed by atoms with van der Waals surface area (Å²) in [4.78, 5) is 2.39. The molecular weight excluding hydrogens is 239 g/mol. The summed E-state index contributed by atoms with van der Waals surface area (Å²) in [6, 6.07) is 5.44. The highest BCUT2D eigenvalue weighted by atomic mass is 19.1. The van der Waals surface area contributed by atoms with E-state index in [9.17, 15) is 4.39 Å². The quantitative estimate of drug-likeness (QED) is 0.849. The molecule has 0 spiro atoms. The number of nitrogens with zero attached hydrogens (tertiary/aromatic N) is 1. The van der Waals surface area contributed by atoms with Crippen LogP contribution in [-0.4, -0.2) is 38.1 Å². The summed E-state index contributed by atoms with van der Waals surface area (Å²) in [5.74, 6) is 0.751. The average Bonchev–Trinajstić information content (AvgIpc) is 2.91. The third kappa shape index (κ3) is 4.59. The van der Waals surface area contributed by atoms with Gasteiger partial charge in [-0.2, -0.15) is 0 Å². The molecule has 1 N–H and O–H groups in total. The van der Waals surface area contributed by atoms with E-state index in [0.717, 1.165) is 31.0 Å². The Labute approximate surface area is 116 Å². The monoisotopic (exact) mass is 264 g/mol. The van der Waals surface area contributed by atoms with E-state index in [-0.39, 0.29) is 5.82 Å². The molecule has 2 nitrogen and oxygen atoms in total. The van der Waals surface area contributed by atoms with Crippen LogP contribution in [-0.2, 0) is 6.42 Å². The summed E-state index contributed by atoms with van der Waals surface area (Å²) < 4.78 is 13.2. The normalized spacial score (nSPS) is 19.3. The summed E-state index contributed by atoms with van der Waals surface area (Å²) in [6.07, 6.45) is 3.61. The van der Waals surface area contributed by atoms with Crippen LogP contribution in [0.4, 0.5) is 4.39 Å². The maximum absolute atomic E-state index is 13.2. The van der Waals surface area contributed by atoms with Crippen LogP contribution in [0.2, 0.25) is 0 Å². The maximum Gasteiger partial charge on any atom is 0.126 e. The average molecular weight is 264 g/mol. The van der Waals surface area contributed by atoms with E-state index in [0.29, 0.717) is 0 Å². The Morgan fingerprint density at radius 3 is 2.89 bits per heavy atom. The third-order valence-electron chi connectivity index (χ3n) is 4.09. The summed E-state index contributed by atoms with van der Waals surface area (Å²) in [5, 5.41) is 3.41. The first-order chi connectivity index (χ1) is 9.15. The number of likely N-dealkylation sites (N-methyl/N-ethyl adjacent to an activating group) is 1. The lowest BCUT2D eigenvalue weighted by molar-refractivity contribution is 0.308. The van der Waals surface area contributed by atoms with Crippen molar-refractivity contribution in [3.63, 3.8) is 0 Å². The van der Waals surface area contributed by atoms with Gasteiger partial charge in [0.1, 0.15) is 5.82 Å². The largest absolute Gasteiger partial charge is 0.316 e. The van der Waals surface area contributed by atoms with E-state index in [1.165, 1.54) is 31.5 Å². The van der Waals surface area contributed by atoms with Gasteiger partial charge < -0.3 is 10.2 Å². The molecule has 1 aromatic carbocycles. The van der Waals surface area contributed by atoms with Gasteiger partial charge in [-0.3, -0.25) is 0 Å². The van der Waals surface area contributed by atoms with Gasteiger partial charge >= 0.3 is 0 Å². The van der Waals surface area contributed by atoms with Gasteiger partial charge in [0.25, 0.3) is 0 Å². The van der Waals surface area contributed by atoms with Crippen LogP contribution in [0.5, 0.6) is 0 Å². The second-order valence-corrected chi connectivity index (χ2v) is 5.78. The standard InChI is InChI=1S/C16H25FN2/c1-13-11-14(3-4-16(13)17)6-9-19(2)10-7-15-5-8-18-12-15/h3-4,11,15,18H,5-10,12H2,1-2H3. The summed E-state index contributed by atoms with van der Waals surface area (Å²) in [5.41, 5.74) is 1.98. The van der Waals surface area contributed by atoms with Gasteiger partial charge in [-0.05, 0) is 76.0 Å². The summed E-state index contributed by atoms with van der Waals surface area (Å²) >= 11 is 0. The molecule has 1 atom stereocenters. The third-order valence-corrected chi connectivity index (χ3v) is 4.09. The molecule has 19 heavy (non-hydrogen) atoms. The van der Waals surface area contributed by atoms with Crippen LogP contribution in [0.25, 0.3) is 0 Å². The first-order valence-corrected chi connectivity index (χ1v) is 7.29. The van der Waals surface area contributed by atoms with Gasteiger partial charge in [0.05, 0.1) is 0 Å². The predicted molar refractivity (Wildman–Crippen MR) is 77.9 cm³/mol. The van der Waals surface area contributed by atoms with Crippen molar-refractivity contribution >= 4 is 0 Å². The Morgan fingerprint density at radius 2 is 2.21 bits per heavy atom. The topological polar surface area (TPSA) is 15.3 Å². The second-order valence-electron chi connectivity index (χ2n) is 5.78. The van der Waals surface area contributed by atoms with Crippen LogP contribution in [0.3, 0.4) is 0 Å². The zero-order valence-electron chi connectivity index (χ0n) is 12.1. The van der Waals surface area contributed by atoms with Gasteiger partial charge in [0, 0.05) is 6.54 Å². The van der Waals surface area contributed by atoms with Crippen molar-refractivity contribution in [2.75, 3.05) is 33.2 Å². The Balaban J connectivity index is 1.70. The number of hydrogen-bond donors (Lipinski definition) is 1. The molecule has 0 bridgehead atoms. The van der Waals surface area contributed by atoms with Gasteiger partial charge in [-0.25, -0.2) is 4.39 Å². The van der Waals surface area contributed by atoms with E-state index < -0.39 is 0 Å². The fourth-order valence-corrected chi connectivity index (χ4v) is 2.66. The molecule has 0 saturated carbocycles. The van der Waals surface area contributed by atoms with Crippen LogP contribution < -0.4 is 5.32 Å². The number of halogens is 1. The number of nitrogens with one attached hydrogen (secondary N) is 1. The smallest absolute Gasteiger partial charge is 0.126 e. The molecule has 0 radical (unpaired) electrons.